The maximum atomic E-state index is 5.90. The monoisotopic (exact) mass is 260 g/mol. The third-order valence-electron chi connectivity index (χ3n) is 3.61. The third-order valence-corrected chi connectivity index (χ3v) is 3.61. The third kappa shape index (κ3) is 2.57. The molecule has 0 amide bonds. The van der Waals surface area contributed by atoms with Gasteiger partial charge in [-0.2, -0.15) is 0 Å². The summed E-state index contributed by atoms with van der Waals surface area (Å²) in [6.45, 7) is 6.70. The smallest absolute Gasteiger partial charge is 0.122 e. The van der Waals surface area contributed by atoms with Crippen LogP contribution in [0.15, 0.2) is 22.9 Å². The van der Waals surface area contributed by atoms with E-state index < -0.39 is 0 Å². The molecule has 2 aromatic heterocycles. The highest BCUT2D eigenvalue weighted by atomic mass is 16.3. The molecule has 1 N–H and O–H groups in total. The van der Waals surface area contributed by atoms with E-state index in [4.69, 9.17) is 4.42 Å². The van der Waals surface area contributed by atoms with Gasteiger partial charge in [0.25, 0.3) is 0 Å². The van der Waals surface area contributed by atoms with E-state index in [1.807, 2.05) is 13.2 Å². The number of nitrogens with one attached hydrogen (secondary N) is 1. The van der Waals surface area contributed by atoms with Crippen LogP contribution in [0.3, 0.4) is 0 Å². The number of hydrogen-bond donors (Lipinski definition) is 1. The van der Waals surface area contributed by atoms with Gasteiger partial charge in [0.05, 0.1) is 19.6 Å². The van der Waals surface area contributed by atoms with Gasteiger partial charge in [-0.25, -0.2) is 4.98 Å². The lowest BCUT2D eigenvalue weighted by Crippen LogP contribution is -2.33. The number of fused-ring (bicyclic) bond motifs is 1. The molecule has 1 aliphatic heterocycles. The van der Waals surface area contributed by atoms with Gasteiger partial charge in [-0.05, 0) is 25.6 Å². The lowest BCUT2D eigenvalue weighted by atomic mass is 10.2. The fourth-order valence-electron chi connectivity index (χ4n) is 2.58. The van der Waals surface area contributed by atoms with Crippen molar-refractivity contribution >= 4 is 0 Å². The molecule has 5 nitrogen and oxygen atoms in total. The van der Waals surface area contributed by atoms with Crippen LogP contribution in [0, 0.1) is 6.92 Å². The first-order valence-corrected chi connectivity index (χ1v) is 6.71. The van der Waals surface area contributed by atoms with E-state index in [-0.39, 0.29) is 0 Å². The van der Waals surface area contributed by atoms with E-state index in [1.165, 1.54) is 5.56 Å². The topological polar surface area (TPSA) is 46.2 Å². The van der Waals surface area contributed by atoms with E-state index in [2.05, 4.69) is 39.0 Å². The van der Waals surface area contributed by atoms with Crippen LogP contribution in [0.25, 0.3) is 0 Å². The van der Waals surface area contributed by atoms with Crippen LogP contribution in [0.2, 0.25) is 0 Å². The molecule has 0 saturated heterocycles. The van der Waals surface area contributed by atoms with Gasteiger partial charge in [0.2, 0.25) is 0 Å². The Morgan fingerprint density at radius 1 is 1.42 bits per heavy atom. The van der Waals surface area contributed by atoms with E-state index in [0.29, 0.717) is 0 Å². The molecule has 0 unspecified atom stereocenters. The SMILES string of the molecule is CNCc1oc(CN2CCn3ccnc3C2)cc1C. The van der Waals surface area contributed by atoms with Gasteiger partial charge < -0.3 is 14.3 Å². The highest BCUT2D eigenvalue weighted by Gasteiger charge is 2.18. The second kappa shape index (κ2) is 5.19. The number of furan rings is 1. The molecular formula is C14H20N4O. The molecule has 2 aromatic rings. The van der Waals surface area contributed by atoms with Crippen LogP contribution in [0.1, 0.15) is 22.9 Å². The zero-order valence-corrected chi connectivity index (χ0v) is 11.5. The van der Waals surface area contributed by atoms with Crippen molar-refractivity contribution < 1.29 is 4.42 Å². The minimum Gasteiger partial charge on any atom is -0.463 e. The Morgan fingerprint density at radius 2 is 2.32 bits per heavy atom. The summed E-state index contributed by atoms with van der Waals surface area (Å²) in [5, 5.41) is 3.13. The largest absolute Gasteiger partial charge is 0.463 e. The standard InChI is InChI=1S/C14H20N4O/c1-11-7-12(19-13(11)8-15-2)9-17-5-6-18-4-3-16-14(18)10-17/h3-4,7,15H,5-6,8-10H2,1-2H3. The van der Waals surface area contributed by atoms with Crippen molar-refractivity contribution in [3.63, 3.8) is 0 Å². The summed E-state index contributed by atoms with van der Waals surface area (Å²) in [5.74, 6) is 3.23. The molecule has 0 aromatic carbocycles. The number of aromatic nitrogens is 2. The highest BCUT2D eigenvalue weighted by molar-refractivity contribution is 5.20. The van der Waals surface area contributed by atoms with Gasteiger partial charge in [0.1, 0.15) is 17.3 Å². The second-order valence-corrected chi connectivity index (χ2v) is 5.10. The molecule has 1 aliphatic rings. The van der Waals surface area contributed by atoms with Gasteiger partial charge in [0, 0.05) is 25.5 Å². The molecule has 0 fully saturated rings. The van der Waals surface area contributed by atoms with Crippen molar-refractivity contribution in [1.82, 2.24) is 19.8 Å². The number of hydrogen-bond acceptors (Lipinski definition) is 4. The molecule has 0 saturated carbocycles. The van der Waals surface area contributed by atoms with E-state index in [9.17, 15) is 0 Å². The van der Waals surface area contributed by atoms with Crippen LogP contribution in [0.4, 0.5) is 0 Å². The van der Waals surface area contributed by atoms with Crippen LogP contribution >= 0.6 is 0 Å². The van der Waals surface area contributed by atoms with Gasteiger partial charge in [-0.3, -0.25) is 4.90 Å². The Hall–Kier alpha value is -1.59. The average Bonchev–Trinajstić information content (AvgIpc) is 2.97. The summed E-state index contributed by atoms with van der Waals surface area (Å²) in [7, 11) is 1.94. The first kappa shape index (κ1) is 12.4. The Bertz CT molecular complexity index is 558. The first-order chi connectivity index (χ1) is 9.26. The Labute approximate surface area is 113 Å². The Kier molecular flexibility index (Phi) is 3.40. The van der Waals surface area contributed by atoms with E-state index >= 15 is 0 Å². The van der Waals surface area contributed by atoms with Crippen LogP contribution in [0.5, 0.6) is 0 Å². The van der Waals surface area contributed by atoms with E-state index in [0.717, 1.165) is 50.1 Å². The normalized spacial score (nSPS) is 15.7. The van der Waals surface area contributed by atoms with Crippen molar-refractivity contribution in [3.8, 4) is 0 Å². The molecule has 0 aliphatic carbocycles. The van der Waals surface area contributed by atoms with Crippen molar-refractivity contribution in [3.05, 3.63) is 41.4 Å². The molecule has 5 heteroatoms. The Morgan fingerprint density at radius 3 is 3.16 bits per heavy atom. The zero-order chi connectivity index (χ0) is 13.2. The van der Waals surface area contributed by atoms with Crippen molar-refractivity contribution in [2.24, 2.45) is 0 Å². The quantitative estimate of drug-likeness (QED) is 0.905. The molecule has 3 heterocycles. The zero-order valence-electron chi connectivity index (χ0n) is 11.5. The van der Waals surface area contributed by atoms with Crippen LogP contribution in [-0.2, 0) is 26.2 Å². The molecule has 102 valence electrons. The molecule has 0 atom stereocenters. The highest BCUT2D eigenvalue weighted by Crippen LogP contribution is 2.18. The summed E-state index contributed by atoms with van der Waals surface area (Å²) in [6, 6.07) is 2.15. The van der Waals surface area contributed by atoms with Gasteiger partial charge in [0.15, 0.2) is 0 Å². The number of imidazole rings is 1. The lowest BCUT2D eigenvalue weighted by Gasteiger charge is -2.26. The van der Waals surface area contributed by atoms with Crippen LogP contribution < -0.4 is 5.32 Å². The van der Waals surface area contributed by atoms with Crippen molar-refractivity contribution in [2.45, 2.75) is 33.1 Å². The van der Waals surface area contributed by atoms with Crippen molar-refractivity contribution in [1.29, 1.82) is 0 Å². The second-order valence-electron chi connectivity index (χ2n) is 5.10. The maximum absolute atomic E-state index is 5.90. The number of rotatable bonds is 4. The van der Waals surface area contributed by atoms with Crippen molar-refractivity contribution in [2.75, 3.05) is 13.6 Å². The summed E-state index contributed by atoms with van der Waals surface area (Å²) in [4.78, 5) is 6.76. The van der Waals surface area contributed by atoms with Crippen LogP contribution in [-0.4, -0.2) is 28.0 Å². The summed E-state index contributed by atoms with van der Waals surface area (Å²) >= 11 is 0. The Balaban J connectivity index is 1.67. The molecule has 19 heavy (non-hydrogen) atoms. The predicted octanol–water partition coefficient (Wildman–Crippen LogP) is 1.52. The predicted molar refractivity (Wildman–Crippen MR) is 72.5 cm³/mol. The molecular weight excluding hydrogens is 240 g/mol. The maximum Gasteiger partial charge on any atom is 0.122 e. The molecule has 0 radical (unpaired) electrons. The number of nitrogens with zero attached hydrogens (tertiary/aromatic N) is 3. The fraction of sp³-hybridized carbons (Fsp3) is 0.500. The lowest BCUT2D eigenvalue weighted by molar-refractivity contribution is 0.192. The van der Waals surface area contributed by atoms with Gasteiger partial charge >= 0.3 is 0 Å². The summed E-state index contributed by atoms with van der Waals surface area (Å²) in [6.07, 6.45) is 3.93. The molecule has 0 bridgehead atoms. The average molecular weight is 260 g/mol. The first-order valence-electron chi connectivity index (χ1n) is 6.71. The fourth-order valence-corrected chi connectivity index (χ4v) is 2.58. The van der Waals surface area contributed by atoms with E-state index in [1.54, 1.807) is 0 Å². The van der Waals surface area contributed by atoms with Gasteiger partial charge in [-0.15, -0.1) is 0 Å². The molecule has 0 spiro atoms. The summed E-state index contributed by atoms with van der Waals surface area (Å²) < 4.78 is 8.11. The molecule has 3 rings (SSSR count). The number of aryl methyl sites for hydroxylation is 1. The minimum atomic E-state index is 0.788. The minimum absolute atomic E-state index is 0.788. The summed E-state index contributed by atoms with van der Waals surface area (Å²) in [5.41, 5.74) is 1.22. The van der Waals surface area contributed by atoms with Gasteiger partial charge in [-0.1, -0.05) is 0 Å².